The minimum atomic E-state index is -3.77. The van der Waals surface area contributed by atoms with Crippen LogP contribution in [0.1, 0.15) is 13.8 Å². The molecule has 160 valence electrons. The van der Waals surface area contributed by atoms with Crippen LogP contribution in [-0.2, 0) is 14.8 Å². The smallest absolute Gasteiger partial charge is 0.293 e. The van der Waals surface area contributed by atoms with E-state index in [-0.39, 0.29) is 23.7 Å². The van der Waals surface area contributed by atoms with Gasteiger partial charge in [0.05, 0.1) is 55.8 Å². The van der Waals surface area contributed by atoms with Crippen molar-refractivity contribution in [3.05, 3.63) is 40.0 Å². The number of allylic oxidation sites excluding steroid dienone is 1. The van der Waals surface area contributed by atoms with Gasteiger partial charge in [0.15, 0.2) is 0 Å². The summed E-state index contributed by atoms with van der Waals surface area (Å²) in [7, 11) is -3.77. The first-order chi connectivity index (χ1) is 13.8. The lowest BCUT2D eigenvalue weighted by atomic mass is 10.2. The summed E-state index contributed by atoms with van der Waals surface area (Å²) in [6.45, 7) is 9.44. The molecular weight excluding hydrogens is 396 g/mol. The average molecular weight is 426 g/mol. The normalized spacial score (nSPS) is 19.2. The molecule has 1 aromatic carbocycles. The summed E-state index contributed by atoms with van der Waals surface area (Å²) in [6, 6.07) is 4.25. The topological polar surface area (TPSA) is 97.4 Å². The Labute approximate surface area is 171 Å². The van der Waals surface area contributed by atoms with Crippen molar-refractivity contribution in [2.45, 2.75) is 18.7 Å². The van der Waals surface area contributed by atoms with E-state index >= 15 is 0 Å². The number of morpholine rings is 1. The molecule has 1 N–H and O–H groups in total. The minimum Gasteiger partial charge on any atom is -0.379 e. The summed E-state index contributed by atoms with van der Waals surface area (Å²) in [5.74, 6) is 0. The van der Waals surface area contributed by atoms with Crippen LogP contribution in [0.2, 0.25) is 0 Å². The van der Waals surface area contributed by atoms with Gasteiger partial charge in [0, 0.05) is 19.2 Å². The Morgan fingerprint density at radius 1 is 1.21 bits per heavy atom. The van der Waals surface area contributed by atoms with Gasteiger partial charge in [-0.15, -0.1) is 0 Å². The summed E-state index contributed by atoms with van der Waals surface area (Å²) in [6.07, 6.45) is 2.21. The molecule has 0 unspecified atom stereocenters. The number of quaternary nitrogens is 1. The maximum atomic E-state index is 12.8. The van der Waals surface area contributed by atoms with Crippen LogP contribution < -0.4 is 9.80 Å². The molecule has 0 radical (unpaired) electrons. The number of anilines is 1. The van der Waals surface area contributed by atoms with Crippen molar-refractivity contribution < 1.29 is 23.0 Å². The zero-order valence-corrected chi connectivity index (χ0v) is 17.8. The number of sulfonamides is 1. The lowest BCUT2D eigenvalue weighted by Crippen LogP contribution is -3.14. The number of nitrogens with zero attached hydrogens (tertiary/aromatic N) is 3. The van der Waals surface area contributed by atoms with Gasteiger partial charge in [-0.25, -0.2) is 8.42 Å². The predicted molar refractivity (Wildman–Crippen MR) is 110 cm³/mol. The monoisotopic (exact) mass is 425 g/mol. The summed E-state index contributed by atoms with van der Waals surface area (Å²) in [5, 5.41) is 11.7. The van der Waals surface area contributed by atoms with E-state index in [0.717, 1.165) is 19.6 Å². The van der Waals surface area contributed by atoms with Crippen molar-refractivity contribution >= 4 is 21.4 Å². The zero-order valence-electron chi connectivity index (χ0n) is 17.0. The molecule has 2 aliphatic heterocycles. The molecular formula is C19H29N4O5S+. The quantitative estimate of drug-likeness (QED) is 0.400. The number of nitro groups is 1. The van der Waals surface area contributed by atoms with Crippen LogP contribution in [0.25, 0.3) is 0 Å². The maximum absolute atomic E-state index is 12.8. The molecule has 2 saturated heterocycles. The highest BCUT2D eigenvalue weighted by Gasteiger charge is 2.31. The summed E-state index contributed by atoms with van der Waals surface area (Å²) >= 11 is 0. The fourth-order valence-corrected chi connectivity index (χ4v) is 5.06. The fourth-order valence-electron chi connectivity index (χ4n) is 3.63. The molecule has 1 aromatic rings. The summed E-state index contributed by atoms with van der Waals surface area (Å²) < 4.78 is 32.2. The van der Waals surface area contributed by atoms with Crippen molar-refractivity contribution in [2.75, 3.05) is 63.9 Å². The standard InChI is InChI=1S/C19H28N4O5S/c1-16(2)5-6-20-7-9-21(10-8-20)18-4-3-17(15-19(18)23(24)25)29(26,27)22-11-13-28-14-12-22/h3-5,15H,6-14H2,1-2H3/p+1. The number of nitro benzene ring substituents is 1. The van der Waals surface area contributed by atoms with E-state index in [1.54, 1.807) is 6.07 Å². The van der Waals surface area contributed by atoms with E-state index in [4.69, 9.17) is 4.74 Å². The summed E-state index contributed by atoms with van der Waals surface area (Å²) in [4.78, 5) is 14.6. The van der Waals surface area contributed by atoms with E-state index in [1.807, 2.05) is 4.90 Å². The number of benzene rings is 1. The Balaban J connectivity index is 1.79. The first-order valence-corrected chi connectivity index (χ1v) is 11.3. The Morgan fingerprint density at radius 2 is 1.86 bits per heavy atom. The van der Waals surface area contributed by atoms with Crippen molar-refractivity contribution in [3.63, 3.8) is 0 Å². The van der Waals surface area contributed by atoms with Gasteiger partial charge < -0.3 is 14.5 Å². The molecule has 0 saturated carbocycles. The molecule has 0 aliphatic carbocycles. The van der Waals surface area contributed by atoms with Crippen molar-refractivity contribution in [2.24, 2.45) is 0 Å². The van der Waals surface area contributed by atoms with Crippen LogP contribution in [0, 0.1) is 10.1 Å². The first-order valence-electron chi connectivity index (χ1n) is 9.87. The highest BCUT2D eigenvalue weighted by molar-refractivity contribution is 7.89. The summed E-state index contributed by atoms with van der Waals surface area (Å²) in [5.41, 5.74) is 1.61. The van der Waals surface area contributed by atoms with E-state index in [2.05, 4.69) is 19.9 Å². The SMILES string of the molecule is CC(C)=CC[NH+]1CCN(c2ccc(S(=O)(=O)N3CCOCC3)cc2[N+](=O)[O-])CC1. The van der Waals surface area contributed by atoms with Crippen molar-refractivity contribution in [1.82, 2.24) is 4.31 Å². The molecule has 0 atom stereocenters. The third kappa shape index (κ3) is 5.13. The number of nitrogens with one attached hydrogen (secondary N) is 1. The Hall–Kier alpha value is -2.01. The van der Waals surface area contributed by atoms with E-state index < -0.39 is 14.9 Å². The molecule has 0 bridgehead atoms. The number of hydrogen-bond donors (Lipinski definition) is 1. The predicted octanol–water partition coefficient (Wildman–Crippen LogP) is 0.287. The van der Waals surface area contributed by atoms with Gasteiger partial charge in [0.1, 0.15) is 5.69 Å². The van der Waals surface area contributed by atoms with Gasteiger partial charge in [0.2, 0.25) is 10.0 Å². The number of piperazine rings is 1. The Bertz CT molecular complexity index is 869. The number of hydrogen-bond acceptors (Lipinski definition) is 6. The molecule has 0 spiro atoms. The molecule has 2 heterocycles. The second kappa shape index (κ2) is 9.21. The molecule has 3 rings (SSSR count). The lowest BCUT2D eigenvalue weighted by molar-refractivity contribution is -0.894. The van der Waals surface area contributed by atoms with Crippen LogP contribution in [-0.4, -0.2) is 76.7 Å². The maximum Gasteiger partial charge on any atom is 0.293 e. The Kier molecular flexibility index (Phi) is 6.89. The number of ether oxygens (including phenoxy) is 1. The van der Waals surface area contributed by atoms with Crippen molar-refractivity contribution in [3.8, 4) is 0 Å². The third-order valence-corrected chi connectivity index (χ3v) is 7.26. The van der Waals surface area contributed by atoms with Crippen molar-refractivity contribution in [1.29, 1.82) is 0 Å². The second-order valence-electron chi connectivity index (χ2n) is 7.65. The highest BCUT2D eigenvalue weighted by Crippen LogP contribution is 2.32. The molecule has 9 nitrogen and oxygen atoms in total. The molecule has 10 heteroatoms. The molecule has 0 amide bonds. The van der Waals surface area contributed by atoms with Crippen LogP contribution in [0.15, 0.2) is 34.7 Å². The average Bonchev–Trinajstić information content (AvgIpc) is 2.72. The zero-order chi connectivity index (χ0) is 21.0. The van der Waals surface area contributed by atoms with E-state index in [9.17, 15) is 18.5 Å². The van der Waals surface area contributed by atoms with Gasteiger partial charge in [-0.3, -0.25) is 10.1 Å². The van der Waals surface area contributed by atoms with Crippen LogP contribution in [0.5, 0.6) is 0 Å². The van der Waals surface area contributed by atoms with Gasteiger partial charge in [-0.1, -0.05) is 5.57 Å². The van der Waals surface area contributed by atoms with Crippen LogP contribution in [0.4, 0.5) is 11.4 Å². The fraction of sp³-hybridized carbons (Fsp3) is 0.579. The minimum absolute atomic E-state index is 0.0392. The highest BCUT2D eigenvalue weighted by atomic mass is 32.2. The van der Waals surface area contributed by atoms with E-state index in [0.29, 0.717) is 32.0 Å². The lowest BCUT2D eigenvalue weighted by Gasteiger charge is -2.33. The largest absolute Gasteiger partial charge is 0.379 e. The number of rotatable bonds is 6. The van der Waals surface area contributed by atoms with Gasteiger partial charge in [0.25, 0.3) is 5.69 Å². The van der Waals surface area contributed by atoms with Gasteiger partial charge in [-0.2, -0.15) is 4.31 Å². The third-order valence-electron chi connectivity index (χ3n) is 5.36. The van der Waals surface area contributed by atoms with E-state index in [1.165, 1.54) is 26.9 Å². The van der Waals surface area contributed by atoms with Crippen LogP contribution in [0.3, 0.4) is 0 Å². The molecule has 0 aromatic heterocycles. The second-order valence-corrected chi connectivity index (χ2v) is 9.58. The molecule has 2 aliphatic rings. The molecule has 29 heavy (non-hydrogen) atoms. The van der Waals surface area contributed by atoms with Gasteiger partial charge >= 0.3 is 0 Å². The van der Waals surface area contributed by atoms with Gasteiger partial charge in [-0.05, 0) is 32.1 Å². The Morgan fingerprint density at radius 3 is 2.45 bits per heavy atom. The van der Waals surface area contributed by atoms with Crippen LogP contribution >= 0.6 is 0 Å². The molecule has 2 fully saturated rings. The first kappa shape index (κ1) is 21.7.